The lowest BCUT2D eigenvalue weighted by molar-refractivity contribution is -0.121. The number of rotatable bonds is 4. The second-order valence-electron chi connectivity index (χ2n) is 7.60. The van der Waals surface area contributed by atoms with Crippen molar-refractivity contribution in [3.8, 4) is 0 Å². The summed E-state index contributed by atoms with van der Waals surface area (Å²) in [6, 6.07) is 5.36. The fraction of sp³-hybridized carbons (Fsp3) is 0.500. The van der Waals surface area contributed by atoms with Crippen molar-refractivity contribution < 1.29 is 14.1 Å². The van der Waals surface area contributed by atoms with Crippen LogP contribution in [0.1, 0.15) is 31.4 Å². The standard InChI is InChI=1S/C20H26N6O3/c1-14-12-17(24-29-14)23-19(27)15-6-10-26(11-7-15)20(28)22-16-4-5-18(21-13-16)25-8-2-3-9-25/h4-5,12-13,15H,2-3,6-11H2,1H3,(H,22,28)(H,23,24,27). The number of nitrogens with zero attached hydrogens (tertiary/aromatic N) is 4. The van der Waals surface area contributed by atoms with Gasteiger partial charge in [-0.15, -0.1) is 0 Å². The molecule has 154 valence electrons. The van der Waals surface area contributed by atoms with E-state index in [0.29, 0.717) is 43.2 Å². The van der Waals surface area contributed by atoms with Crippen LogP contribution in [-0.4, -0.2) is 53.2 Å². The van der Waals surface area contributed by atoms with Gasteiger partial charge >= 0.3 is 6.03 Å². The highest BCUT2D eigenvalue weighted by atomic mass is 16.5. The minimum absolute atomic E-state index is 0.0833. The van der Waals surface area contributed by atoms with E-state index in [1.807, 2.05) is 12.1 Å². The molecule has 0 atom stereocenters. The first-order valence-electron chi connectivity index (χ1n) is 10.1. The number of hydrogen-bond donors (Lipinski definition) is 2. The maximum atomic E-state index is 12.5. The SMILES string of the molecule is Cc1cc(NC(=O)C2CCN(C(=O)Nc3ccc(N4CCCC4)nc3)CC2)no1. The lowest BCUT2D eigenvalue weighted by Crippen LogP contribution is -2.43. The topological polar surface area (TPSA) is 104 Å². The van der Waals surface area contributed by atoms with E-state index in [2.05, 4.69) is 25.7 Å². The molecular formula is C20H26N6O3. The number of carbonyl (C=O) groups excluding carboxylic acids is 2. The first-order valence-corrected chi connectivity index (χ1v) is 10.1. The number of likely N-dealkylation sites (tertiary alicyclic amines) is 1. The molecule has 4 rings (SSSR count). The van der Waals surface area contributed by atoms with Crippen molar-refractivity contribution in [3.63, 3.8) is 0 Å². The number of anilines is 3. The molecule has 4 heterocycles. The molecule has 29 heavy (non-hydrogen) atoms. The smallest absolute Gasteiger partial charge is 0.321 e. The number of aryl methyl sites for hydroxylation is 1. The molecular weight excluding hydrogens is 372 g/mol. The zero-order valence-corrected chi connectivity index (χ0v) is 16.6. The van der Waals surface area contributed by atoms with Crippen LogP contribution in [0.25, 0.3) is 0 Å². The van der Waals surface area contributed by atoms with Crippen LogP contribution in [0, 0.1) is 12.8 Å². The number of nitrogens with one attached hydrogen (secondary N) is 2. The molecule has 9 nitrogen and oxygen atoms in total. The summed E-state index contributed by atoms with van der Waals surface area (Å²) < 4.78 is 4.96. The number of urea groups is 1. The third kappa shape index (κ3) is 4.67. The highest BCUT2D eigenvalue weighted by molar-refractivity contribution is 5.92. The molecule has 3 amide bonds. The van der Waals surface area contributed by atoms with Gasteiger partial charge in [0.2, 0.25) is 5.91 Å². The van der Waals surface area contributed by atoms with E-state index >= 15 is 0 Å². The molecule has 0 bridgehead atoms. The first-order chi connectivity index (χ1) is 14.1. The summed E-state index contributed by atoms with van der Waals surface area (Å²) in [4.78, 5) is 33.3. The summed E-state index contributed by atoms with van der Waals surface area (Å²) in [7, 11) is 0. The Bertz CT molecular complexity index is 851. The molecule has 0 saturated carbocycles. The summed E-state index contributed by atoms with van der Waals surface area (Å²) in [5.74, 6) is 1.81. The molecule has 0 spiro atoms. The quantitative estimate of drug-likeness (QED) is 0.821. The van der Waals surface area contributed by atoms with E-state index in [0.717, 1.165) is 18.9 Å². The van der Waals surface area contributed by atoms with Crippen LogP contribution in [0.5, 0.6) is 0 Å². The minimum atomic E-state index is -0.160. The van der Waals surface area contributed by atoms with Gasteiger partial charge in [0.1, 0.15) is 11.6 Å². The van der Waals surface area contributed by atoms with E-state index in [-0.39, 0.29) is 17.9 Å². The zero-order valence-electron chi connectivity index (χ0n) is 16.6. The third-order valence-electron chi connectivity index (χ3n) is 5.46. The predicted octanol–water partition coefficient (Wildman–Crippen LogP) is 2.86. The van der Waals surface area contributed by atoms with E-state index in [9.17, 15) is 9.59 Å². The molecule has 0 radical (unpaired) electrons. The van der Waals surface area contributed by atoms with Crippen LogP contribution in [0.2, 0.25) is 0 Å². The molecule has 0 aromatic carbocycles. The maximum absolute atomic E-state index is 12.5. The van der Waals surface area contributed by atoms with Crippen molar-refractivity contribution in [1.29, 1.82) is 0 Å². The maximum Gasteiger partial charge on any atom is 0.321 e. The number of carbonyl (C=O) groups is 2. The fourth-order valence-corrected chi connectivity index (χ4v) is 3.79. The molecule has 2 aromatic rings. The summed E-state index contributed by atoms with van der Waals surface area (Å²) in [6.45, 7) is 4.91. The summed E-state index contributed by atoms with van der Waals surface area (Å²) in [5.41, 5.74) is 0.680. The predicted molar refractivity (Wildman–Crippen MR) is 109 cm³/mol. The number of amides is 3. The largest absolute Gasteiger partial charge is 0.360 e. The summed E-state index contributed by atoms with van der Waals surface area (Å²) in [6.07, 6.45) is 5.33. The van der Waals surface area contributed by atoms with Gasteiger partial charge in [0.25, 0.3) is 0 Å². The van der Waals surface area contributed by atoms with Gasteiger partial charge in [-0.25, -0.2) is 9.78 Å². The van der Waals surface area contributed by atoms with Crippen molar-refractivity contribution in [2.75, 3.05) is 41.7 Å². The molecule has 9 heteroatoms. The van der Waals surface area contributed by atoms with Gasteiger partial charge < -0.3 is 25.0 Å². The number of piperidine rings is 1. The Labute approximate surface area is 169 Å². The molecule has 0 aliphatic carbocycles. The minimum Gasteiger partial charge on any atom is -0.360 e. The number of aromatic nitrogens is 2. The second-order valence-corrected chi connectivity index (χ2v) is 7.60. The first kappa shape index (κ1) is 19.2. The Morgan fingerprint density at radius 2 is 1.86 bits per heavy atom. The summed E-state index contributed by atoms with van der Waals surface area (Å²) >= 11 is 0. The fourth-order valence-electron chi connectivity index (χ4n) is 3.79. The molecule has 0 unspecified atom stereocenters. The van der Waals surface area contributed by atoms with Gasteiger partial charge in [-0.3, -0.25) is 4.79 Å². The Balaban J connectivity index is 1.25. The lowest BCUT2D eigenvalue weighted by atomic mass is 9.96. The van der Waals surface area contributed by atoms with E-state index in [1.165, 1.54) is 12.8 Å². The second kappa shape index (κ2) is 8.50. The Kier molecular flexibility index (Phi) is 5.64. The van der Waals surface area contributed by atoms with Crippen molar-refractivity contribution in [2.45, 2.75) is 32.6 Å². The third-order valence-corrected chi connectivity index (χ3v) is 5.46. The van der Waals surface area contributed by atoms with Crippen molar-refractivity contribution >= 4 is 29.3 Å². The van der Waals surface area contributed by atoms with Crippen LogP contribution in [0.4, 0.5) is 22.1 Å². The zero-order chi connectivity index (χ0) is 20.2. The molecule has 2 aliphatic rings. The van der Waals surface area contributed by atoms with Crippen LogP contribution >= 0.6 is 0 Å². The van der Waals surface area contributed by atoms with Crippen molar-refractivity contribution in [2.24, 2.45) is 5.92 Å². The highest BCUT2D eigenvalue weighted by Gasteiger charge is 2.28. The van der Waals surface area contributed by atoms with Gasteiger partial charge in [-0.1, -0.05) is 5.16 Å². The van der Waals surface area contributed by atoms with Crippen LogP contribution in [0.15, 0.2) is 28.9 Å². The van der Waals surface area contributed by atoms with Crippen LogP contribution in [0.3, 0.4) is 0 Å². The molecule has 2 saturated heterocycles. The van der Waals surface area contributed by atoms with Crippen molar-refractivity contribution in [1.82, 2.24) is 15.0 Å². The van der Waals surface area contributed by atoms with Gasteiger partial charge in [-0.2, -0.15) is 0 Å². The van der Waals surface area contributed by atoms with Gasteiger partial charge in [0.15, 0.2) is 5.82 Å². The monoisotopic (exact) mass is 398 g/mol. The van der Waals surface area contributed by atoms with E-state index < -0.39 is 0 Å². The van der Waals surface area contributed by atoms with E-state index in [1.54, 1.807) is 24.1 Å². The van der Waals surface area contributed by atoms with Gasteiger partial charge in [0, 0.05) is 38.2 Å². The Morgan fingerprint density at radius 1 is 1.10 bits per heavy atom. The number of pyridine rings is 1. The molecule has 2 aromatic heterocycles. The lowest BCUT2D eigenvalue weighted by Gasteiger charge is -2.31. The molecule has 2 N–H and O–H groups in total. The Morgan fingerprint density at radius 3 is 2.48 bits per heavy atom. The average Bonchev–Trinajstić information content (AvgIpc) is 3.41. The van der Waals surface area contributed by atoms with E-state index in [4.69, 9.17) is 4.52 Å². The molecule has 2 aliphatic heterocycles. The van der Waals surface area contributed by atoms with Crippen LogP contribution < -0.4 is 15.5 Å². The Hall–Kier alpha value is -3.10. The highest BCUT2D eigenvalue weighted by Crippen LogP contribution is 2.22. The summed E-state index contributed by atoms with van der Waals surface area (Å²) in [5, 5.41) is 9.45. The van der Waals surface area contributed by atoms with Gasteiger partial charge in [-0.05, 0) is 44.7 Å². The van der Waals surface area contributed by atoms with Crippen molar-refractivity contribution in [3.05, 3.63) is 30.2 Å². The van der Waals surface area contributed by atoms with Gasteiger partial charge in [0.05, 0.1) is 11.9 Å². The average molecular weight is 398 g/mol. The molecule has 2 fully saturated rings. The number of hydrogen-bond acceptors (Lipinski definition) is 6. The van der Waals surface area contributed by atoms with Crippen LogP contribution in [-0.2, 0) is 4.79 Å². The normalized spacial score (nSPS) is 17.4.